The molecule has 1 saturated heterocycles. The van der Waals surface area contributed by atoms with Crippen LogP contribution in [-0.4, -0.2) is 46.4 Å². The maximum atomic E-state index is 12.6. The number of hydrogen-bond donors (Lipinski definition) is 1. The largest absolute Gasteiger partial charge is 0.461 e. The van der Waals surface area contributed by atoms with Gasteiger partial charge in [-0.05, 0) is 33.6 Å². The van der Waals surface area contributed by atoms with Crippen molar-refractivity contribution in [1.29, 1.82) is 0 Å². The van der Waals surface area contributed by atoms with E-state index < -0.39 is 23.0 Å². The van der Waals surface area contributed by atoms with Gasteiger partial charge in [0, 0.05) is 12.5 Å². The summed E-state index contributed by atoms with van der Waals surface area (Å²) >= 11 is 0. The molecule has 0 aromatic carbocycles. The van der Waals surface area contributed by atoms with E-state index in [0.717, 1.165) is 0 Å². The minimum atomic E-state index is -1.63. The first-order valence-electron chi connectivity index (χ1n) is 7.21. The van der Waals surface area contributed by atoms with Crippen LogP contribution < -0.4 is 5.32 Å². The summed E-state index contributed by atoms with van der Waals surface area (Å²) in [6.45, 7) is 12.3. The lowest BCUT2D eigenvalue weighted by Gasteiger charge is -2.47. The topological polar surface area (TPSA) is 75.7 Å². The van der Waals surface area contributed by atoms with E-state index in [9.17, 15) is 14.4 Å². The molecule has 0 aromatic rings. The van der Waals surface area contributed by atoms with Gasteiger partial charge >= 0.3 is 5.97 Å². The second kappa shape index (κ2) is 5.66. The molecule has 1 aliphatic rings. The van der Waals surface area contributed by atoms with Gasteiger partial charge in [-0.1, -0.05) is 13.8 Å². The first-order chi connectivity index (χ1) is 9.41. The molecule has 21 heavy (non-hydrogen) atoms. The lowest BCUT2D eigenvalue weighted by Crippen LogP contribution is -2.72. The van der Waals surface area contributed by atoms with Crippen LogP contribution in [0.15, 0.2) is 0 Å². The summed E-state index contributed by atoms with van der Waals surface area (Å²) in [5.41, 5.74) is -2.14. The van der Waals surface area contributed by atoms with Crippen molar-refractivity contribution in [2.45, 2.75) is 65.6 Å². The number of nitrogens with one attached hydrogen (secondary N) is 1. The predicted molar refractivity (Wildman–Crippen MR) is 78.4 cm³/mol. The van der Waals surface area contributed by atoms with Crippen molar-refractivity contribution >= 4 is 17.8 Å². The molecular weight excluding hydrogens is 272 g/mol. The summed E-state index contributed by atoms with van der Waals surface area (Å²) in [5, 5.41) is 2.77. The Labute approximate surface area is 126 Å². The van der Waals surface area contributed by atoms with E-state index in [-0.39, 0.29) is 24.5 Å². The molecule has 1 heterocycles. The molecule has 1 N–H and O–H groups in total. The Bertz CT molecular complexity index is 453. The Balaban J connectivity index is 3.27. The average Bonchev–Trinajstić information content (AvgIpc) is 2.29. The summed E-state index contributed by atoms with van der Waals surface area (Å²) in [7, 11) is 0. The van der Waals surface area contributed by atoms with E-state index in [1.807, 2.05) is 34.6 Å². The van der Waals surface area contributed by atoms with Gasteiger partial charge in [-0.2, -0.15) is 0 Å². The van der Waals surface area contributed by atoms with Crippen LogP contribution in [0.1, 0.15) is 48.5 Å². The smallest absolute Gasteiger partial charge is 0.341 e. The van der Waals surface area contributed by atoms with E-state index in [1.54, 1.807) is 0 Å². The predicted octanol–water partition coefficient (Wildman–Crippen LogP) is 1.09. The van der Waals surface area contributed by atoms with Gasteiger partial charge in [0.1, 0.15) is 6.61 Å². The minimum Gasteiger partial charge on any atom is -0.461 e. The van der Waals surface area contributed by atoms with E-state index in [0.29, 0.717) is 0 Å². The van der Waals surface area contributed by atoms with Crippen LogP contribution in [0.5, 0.6) is 0 Å². The summed E-state index contributed by atoms with van der Waals surface area (Å²) in [6, 6.07) is -0.309. The second-order valence-electron chi connectivity index (χ2n) is 7.08. The highest BCUT2D eigenvalue weighted by Crippen LogP contribution is 2.30. The van der Waals surface area contributed by atoms with Gasteiger partial charge < -0.3 is 15.0 Å². The van der Waals surface area contributed by atoms with Crippen LogP contribution in [0.3, 0.4) is 0 Å². The lowest BCUT2D eigenvalue weighted by molar-refractivity contribution is -0.185. The van der Waals surface area contributed by atoms with Crippen LogP contribution >= 0.6 is 0 Å². The van der Waals surface area contributed by atoms with Gasteiger partial charge in [-0.3, -0.25) is 9.59 Å². The van der Waals surface area contributed by atoms with Crippen LogP contribution in [0.25, 0.3) is 0 Å². The highest BCUT2D eigenvalue weighted by molar-refractivity contribution is 6.10. The Morgan fingerprint density at radius 3 is 2.29 bits per heavy atom. The van der Waals surface area contributed by atoms with Gasteiger partial charge in [0.25, 0.3) is 5.91 Å². The summed E-state index contributed by atoms with van der Waals surface area (Å²) in [4.78, 5) is 38.3. The molecule has 2 atom stereocenters. The summed E-state index contributed by atoms with van der Waals surface area (Å²) in [6.07, 6.45) is 0. The molecule has 0 radical (unpaired) electrons. The quantitative estimate of drug-likeness (QED) is 0.611. The lowest BCUT2D eigenvalue weighted by atomic mass is 9.89. The molecule has 0 aliphatic carbocycles. The molecule has 6 heteroatoms. The monoisotopic (exact) mass is 298 g/mol. The number of carbonyl (C=O) groups is 3. The first-order valence-corrected chi connectivity index (χ1v) is 7.21. The molecule has 1 rings (SSSR count). The number of hydrogen-bond acceptors (Lipinski definition) is 4. The van der Waals surface area contributed by atoms with Crippen LogP contribution in [-0.2, 0) is 19.1 Å². The third kappa shape index (κ3) is 3.36. The summed E-state index contributed by atoms with van der Waals surface area (Å²) < 4.78 is 5.19. The van der Waals surface area contributed by atoms with Gasteiger partial charge in [0.15, 0.2) is 0 Å². The zero-order valence-corrected chi connectivity index (χ0v) is 13.9. The van der Waals surface area contributed by atoms with Crippen LogP contribution in [0, 0.1) is 5.92 Å². The maximum absolute atomic E-state index is 12.6. The Kier molecular flexibility index (Phi) is 4.70. The average molecular weight is 298 g/mol. The van der Waals surface area contributed by atoms with Crippen molar-refractivity contribution in [2.75, 3.05) is 6.61 Å². The number of rotatable bonds is 2. The van der Waals surface area contributed by atoms with Crippen LogP contribution in [0.4, 0.5) is 0 Å². The Morgan fingerprint density at radius 1 is 1.38 bits per heavy atom. The van der Waals surface area contributed by atoms with Crippen molar-refractivity contribution in [3.05, 3.63) is 0 Å². The van der Waals surface area contributed by atoms with Crippen molar-refractivity contribution < 1.29 is 19.1 Å². The zero-order chi connectivity index (χ0) is 16.6. The first kappa shape index (κ1) is 17.5. The SMILES string of the molecule is CC(=O)N1[C@@H](C(C)C)COC(=O)[C@@]1(C)C(=O)NC(C)(C)C. The molecule has 6 nitrogen and oxygen atoms in total. The van der Waals surface area contributed by atoms with Crippen LogP contribution in [0.2, 0.25) is 0 Å². The Hall–Kier alpha value is -1.59. The fourth-order valence-electron chi connectivity index (χ4n) is 2.51. The van der Waals surface area contributed by atoms with E-state index in [1.165, 1.54) is 18.7 Å². The molecule has 1 fully saturated rings. The van der Waals surface area contributed by atoms with E-state index in [4.69, 9.17) is 4.74 Å². The molecule has 2 amide bonds. The van der Waals surface area contributed by atoms with E-state index >= 15 is 0 Å². The molecule has 1 aliphatic heterocycles. The number of carbonyl (C=O) groups excluding carboxylic acids is 3. The maximum Gasteiger partial charge on any atom is 0.341 e. The number of esters is 1. The van der Waals surface area contributed by atoms with Crippen molar-refractivity contribution in [1.82, 2.24) is 10.2 Å². The fourth-order valence-corrected chi connectivity index (χ4v) is 2.51. The third-order valence-electron chi connectivity index (χ3n) is 3.64. The zero-order valence-electron chi connectivity index (χ0n) is 13.9. The number of nitrogens with zero attached hydrogens (tertiary/aromatic N) is 1. The molecule has 0 saturated carbocycles. The molecular formula is C15H26N2O4. The number of ether oxygens (including phenoxy) is 1. The second-order valence-corrected chi connectivity index (χ2v) is 7.08. The number of amides is 2. The molecule has 0 aromatic heterocycles. The minimum absolute atomic E-state index is 0.0729. The van der Waals surface area contributed by atoms with Gasteiger partial charge in [0.05, 0.1) is 6.04 Å². The van der Waals surface area contributed by atoms with Gasteiger partial charge in [-0.25, -0.2) is 4.79 Å². The van der Waals surface area contributed by atoms with Crippen molar-refractivity contribution in [3.8, 4) is 0 Å². The highest BCUT2D eigenvalue weighted by Gasteiger charge is 2.56. The number of cyclic esters (lactones) is 1. The van der Waals surface area contributed by atoms with Crippen molar-refractivity contribution in [2.24, 2.45) is 5.92 Å². The van der Waals surface area contributed by atoms with Gasteiger partial charge in [0.2, 0.25) is 11.4 Å². The molecule has 0 bridgehead atoms. The normalized spacial score (nSPS) is 26.6. The van der Waals surface area contributed by atoms with E-state index in [2.05, 4.69) is 5.32 Å². The molecule has 0 spiro atoms. The Morgan fingerprint density at radius 2 is 1.90 bits per heavy atom. The van der Waals surface area contributed by atoms with Crippen molar-refractivity contribution in [3.63, 3.8) is 0 Å². The molecule has 120 valence electrons. The van der Waals surface area contributed by atoms with Gasteiger partial charge in [-0.15, -0.1) is 0 Å². The third-order valence-corrected chi connectivity index (χ3v) is 3.64. The fraction of sp³-hybridized carbons (Fsp3) is 0.800. The summed E-state index contributed by atoms with van der Waals surface area (Å²) in [5.74, 6) is -1.43. The highest BCUT2D eigenvalue weighted by atomic mass is 16.5. The molecule has 0 unspecified atom stereocenters. The number of morpholine rings is 1. The standard InChI is InChI=1S/C15H26N2O4/c1-9(2)11-8-21-13(20)15(7,17(11)10(3)18)12(19)16-14(4,5)6/h9,11H,8H2,1-7H3,(H,16,19)/t11-,15-/m1/s1.